The van der Waals surface area contributed by atoms with Crippen LogP contribution >= 0.6 is 0 Å². The second kappa shape index (κ2) is 9.47. The van der Waals surface area contributed by atoms with Gasteiger partial charge in [-0.2, -0.15) is 0 Å². The van der Waals surface area contributed by atoms with E-state index < -0.39 is 6.10 Å². The largest absolute Gasteiger partial charge is 0.481 e. The van der Waals surface area contributed by atoms with Gasteiger partial charge < -0.3 is 15.4 Å². The van der Waals surface area contributed by atoms with Gasteiger partial charge in [0.05, 0.1) is 0 Å². The lowest BCUT2D eigenvalue weighted by Gasteiger charge is -2.20. The van der Waals surface area contributed by atoms with Gasteiger partial charge in [0, 0.05) is 16.9 Å². The monoisotopic (exact) mass is 416 g/mol. The molecule has 0 saturated carbocycles. The summed E-state index contributed by atoms with van der Waals surface area (Å²) in [4.78, 5) is 24.7. The van der Waals surface area contributed by atoms with Gasteiger partial charge in [0.1, 0.15) is 5.75 Å². The van der Waals surface area contributed by atoms with E-state index in [1.165, 1.54) is 5.56 Å². The SMILES string of the molecule is CC(Oc1ccc(C(C)(C)C)cc1)C(=O)Nc1ccc(NC(=O)c2ccccc2)cc1. The van der Waals surface area contributed by atoms with Gasteiger partial charge >= 0.3 is 0 Å². The molecule has 0 aromatic heterocycles. The van der Waals surface area contributed by atoms with Gasteiger partial charge in [0.25, 0.3) is 11.8 Å². The Balaban J connectivity index is 1.54. The first-order valence-corrected chi connectivity index (χ1v) is 10.3. The molecule has 0 radical (unpaired) electrons. The van der Waals surface area contributed by atoms with E-state index in [0.717, 1.165) is 0 Å². The van der Waals surface area contributed by atoms with Crippen LogP contribution in [0.4, 0.5) is 11.4 Å². The zero-order valence-corrected chi connectivity index (χ0v) is 18.3. The maximum atomic E-state index is 12.5. The van der Waals surface area contributed by atoms with Crippen LogP contribution in [0.15, 0.2) is 78.9 Å². The van der Waals surface area contributed by atoms with E-state index in [1.54, 1.807) is 43.3 Å². The molecular formula is C26H28N2O3. The van der Waals surface area contributed by atoms with Crippen molar-refractivity contribution in [2.75, 3.05) is 10.6 Å². The van der Waals surface area contributed by atoms with E-state index in [-0.39, 0.29) is 17.2 Å². The average Bonchev–Trinajstić information content (AvgIpc) is 2.75. The molecule has 3 aromatic carbocycles. The zero-order chi connectivity index (χ0) is 22.4. The van der Waals surface area contributed by atoms with Crippen LogP contribution in [0.2, 0.25) is 0 Å². The van der Waals surface area contributed by atoms with Gasteiger partial charge in [-0.15, -0.1) is 0 Å². The summed E-state index contributed by atoms with van der Waals surface area (Å²) < 4.78 is 5.77. The molecule has 1 unspecified atom stereocenters. The van der Waals surface area contributed by atoms with Crippen molar-refractivity contribution in [2.45, 2.75) is 39.2 Å². The highest BCUT2D eigenvalue weighted by atomic mass is 16.5. The Kier molecular flexibility index (Phi) is 6.75. The molecule has 2 amide bonds. The third kappa shape index (κ3) is 6.19. The highest BCUT2D eigenvalue weighted by molar-refractivity contribution is 6.04. The number of amides is 2. The summed E-state index contributed by atoms with van der Waals surface area (Å²) in [6.45, 7) is 8.16. The second-order valence-corrected chi connectivity index (χ2v) is 8.42. The van der Waals surface area contributed by atoms with Crippen molar-refractivity contribution in [1.82, 2.24) is 0 Å². The Morgan fingerprint density at radius 2 is 1.32 bits per heavy atom. The smallest absolute Gasteiger partial charge is 0.265 e. The van der Waals surface area contributed by atoms with Gasteiger partial charge in [-0.25, -0.2) is 0 Å². The fourth-order valence-corrected chi connectivity index (χ4v) is 2.96. The Morgan fingerprint density at radius 1 is 0.774 bits per heavy atom. The minimum absolute atomic E-state index is 0.0637. The fraction of sp³-hybridized carbons (Fsp3) is 0.231. The van der Waals surface area contributed by atoms with Crippen LogP contribution in [0.25, 0.3) is 0 Å². The molecule has 1 atom stereocenters. The lowest BCUT2D eigenvalue weighted by molar-refractivity contribution is -0.122. The summed E-state index contributed by atoms with van der Waals surface area (Å²) >= 11 is 0. The number of rotatable bonds is 6. The summed E-state index contributed by atoms with van der Waals surface area (Å²) in [6, 6.07) is 23.8. The number of carbonyl (C=O) groups excluding carboxylic acids is 2. The number of nitrogens with one attached hydrogen (secondary N) is 2. The molecule has 0 bridgehead atoms. The van der Waals surface area contributed by atoms with Crippen molar-refractivity contribution in [3.63, 3.8) is 0 Å². The van der Waals surface area contributed by atoms with Gasteiger partial charge in [0.2, 0.25) is 0 Å². The van der Waals surface area contributed by atoms with Crippen LogP contribution in [-0.2, 0) is 10.2 Å². The van der Waals surface area contributed by atoms with Gasteiger partial charge in [-0.1, -0.05) is 51.1 Å². The second-order valence-electron chi connectivity index (χ2n) is 8.42. The average molecular weight is 417 g/mol. The van der Waals surface area contributed by atoms with E-state index in [9.17, 15) is 9.59 Å². The van der Waals surface area contributed by atoms with Crippen LogP contribution in [-0.4, -0.2) is 17.9 Å². The third-order valence-electron chi connectivity index (χ3n) is 4.85. The van der Waals surface area contributed by atoms with E-state index in [1.807, 2.05) is 42.5 Å². The zero-order valence-electron chi connectivity index (χ0n) is 18.3. The van der Waals surface area contributed by atoms with E-state index in [4.69, 9.17) is 4.74 Å². The van der Waals surface area contributed by atoms with E-state index in [0.29, 0.717) is 22.7 Å². The molecule has 0 heterocycles. The first-order chi connectivity index (χ1) is 14.7. The Morgan fingerprint density at radius 3 is 1.87 bits per heavy atom. The van der Waals surface area contributed by atoms with Crippen molar-refractivity contribution in [1.29, 1.82) is 0 Å². The quantitative estimate of drug-likeness (QED) is 0.546. The van der Waals surface area contributed by atoms with Crippen molar-refractivity contribution < 1.29 is 14.3 Å². The van der Waals surface area contributed by atoms with Crippen molar-refractivity contribution >= 4 is 23.2 Å². The summed E-state index contributed by atoms with van der Waals surface area (Å²) in [5.74, 6) is 0.215. The summed E-state index contributed by atoms with van der Waals surface area (Å²) in [5, 5.41) is 5.67. The van der Waals surface area contributed by atoms with Gasteiger partial charge in [-0.3, -0.25) is 9.59 Å². The predicted molar refractivity (Wildman–Crippen MR) is 125 cm³/mol. The highest BCUT2D eigenvalue weighted by Gasteiger charge is 2.17. The Bertz CT molecular complexity index is 1020. The molecule has 0 aliphatic rings. The van der Waals surface area contributed by atoms with Gasteiger partial charge in [-0.05, 0) is 66.4 Å². The molecule has 2 N–H and O–H groups in total. The van der Waals surface area contributed by atoms with Crippen LogP contribution in [0, 0.1) is 0 Å². The molecule has 0 saturated heterocycles. The third-order valence-corrected chi connectivity index (χ3v) is 4.85. The minimum atomic E-state index is -0.655. The number of hydrogen-bond donors (Lipinski definition) is 2. The number of carbonyl (C=O) groups is 2. The number of anilines is 2. The van der Waals surface area contributed by atoms with Crippen molar-refractivity contribution in [3.8, 4) is 5.75 Å². The summed E-state index contributed by atoms with van der Waals surface area (Å²) in [7, 11) is 0. The molecule has 31 heavy (non-hydrogen) atoms. The number of ether oxygens (including phenoxy) is 1. The highest BCUT2D eigenvalue weighted by Crippen LogP contribution is 2.25. The fourth-order valence-electron chi connectivity index (χ4n) is 2.96. The topological polar surface area (TPSA) is 67.4 Å². The number of benzene rings is 3. The molecule has 0 aliphatic carbocycles. The van der Waals surface area contributed by atoms with Crippen LogP contribution in [0.3, 0.4) is 0 Å². The maximum Gasteiger partial charge on any atom is 0.265 e. The molecule has 5 nitrogen and oxygen atoms in total. The summed E-state index contributed by atoms with van der Waals surface area (Å²) in [6.07, 6.45) is -0.655. The molecule has 160 valence electrons. The van der Waals surface area contributed by atoms with E-state index >= 15 is 0 Å². The Labute approximate surface area is 183 Å². The molecule has 3 aromatic rings. The maximum absolute atomic E-state index is 12.5. The first kappa shape index (κ1) is 22.1. The van der Waals surface area contributed by atoms with Gasteiger partial charge in [0.15, 0.2) is 6.10 Å². The van der Waals surface area contributed by atoms with Crippen LogP contribution < -0.4 is 15.4 Å². The van der Waals surface area contributed by atoms with Crippen LogP contribution in [0.1, 0.15) is 43.6 Å². The standard InChI is InChI=1S/C26H28N2O3/c1-18(31-23-16-10-20(11-17-23)26(2,3)4)24(29)27-21-12-14-22(15-13-21)28-25(30)19-8-6-5-7-9-19/h5-18H,1-4H3,(H,27,29)(H,28,30). The normalized spacial score (nSPS) is 12.0. The molecule has 3 rings (SSSR count). The summed E-state index contributed by atoms with van der Waals surface area (Å²) in [5.41, 5.74) is 3.13. The van der Waals surface area contributed by atoms with Crippen molar-refractivity contribution in [2.24, 2.45) is 0 Å². The molecule has 0 fully saturated rings. The number of hydrogen-bond acceptors (Lipinski definition) is 3. The molecule has 0 aliphatic heterocycles. The molecule has 0 spiro atoms. The minimum Gasteiger partial charge on any atom is -0.481 e. The van der Waals surface area contributed by atoms with E-state index in [2.05, 4.69) is 31.4 Å². The molecular weight excluding hydrogens is 388 g/mol. The lowest BCUT2D eigenvalue weighted by Crippen LogP contribution is -2.30. The first-order valence-electron chi connectivity index (χ1n) is 10.3. The van der Waals surface area contributed by atoms with Crippen molar-refractivity contribution in [3.05, 3.63) is 90.0 Å². The Hall–Kier alpha value is -3.60. The van der Waals surface area contributed by atoms with Crippen LogP contribution in [0.5, 0.6) is 5.75 Å². The lowest BCUT2D eigenvalue weighted by atomic mass is 9.87. The predicted octanol–water partition coefficient (Wildman–Crippen LogP) is 5.64. The molecule has 5 heteroatoms.